The fourth-order valence-corrected chi connectivity index (χ4v) is 2.92. The molecule has 5 nitrogen and oxygen atoms in total. The molecule has 1 aromatic heterocycles. The van der Waals surface area contributed by atoms with Crippen molar-refractivity contribution in [2.24, 2.45) is 0 Å². The predicted octanol–water partition coefficient (Wildman–Crippen LogP) is 5.35. The van der Waals surface area contributed by atoms with Crippen molar-refractivity contribution < 1.29 is 13.9 Å². The molecule has 1 aliphatic heterocycles. The molecule has 0 aliphatic carbocycles. The fraction of sp³-hybridized carbons (Fsp3) is 0.0500. The number of ether oxygens (including phenoxy) is 2. The molecule has 25 heavy (non-hydrogen) atoms. The molecule has 0 fully saturated rings. The van der Waals surface area contributed by atoms with Crippen LogP contribution in [0.2, 0.25) is 0 Å². The number of hydrogen-bond acceptors (Lipinski definition) is 5. The van der Waals surface area contributed by atoms with Gasteiger partial charge in [-0.1, -0.05) is 12.1 Å². The van der Waals surface area contributed by atoms with Crippen LogP contribution in [0.1, 0.15) is 0 Å². The monoisotopic (exact) mass is 330 g/mol. The summed E-state index contributed by atoms with van der Waals surface area (Å²) in [6.45, 7) is 0. The van der Waals surface area contributed by atoms with E-state index in [1.165, 1.54) is 0 Å². The van der Waals surface area contributed by atoms with Crippen molar-refractivity contribution in [3.63, 3.8) is 0 Å². The maximum Gasteiger partial charge on any atom is 0.227 e. The van der Waals surface area contributed by atoms with Gasteiger partial charge in [0.05, 0.1) is 18.5 Å². The van der Waals surface area contributed by atoms with Gasteiger partial charge >= 0.3 is 0 Å². The maximum absolute atomic E-state index is 5.96. The van der Waals surface area contributed by atoms with Gasteiger partial charge in [0.1, 0.15) is 11.3 Å². The van der Waals surface area contributed by atoms with Gasteiger partial charge in [-0.25, -0.2) is 4.98 Å². The van der Waals surface area contributed by atoms with Crippen molar-refractivity contribution in [1.29, 1.82) is 0 Å². The number of aromatic nitrogens is 1. The van der Waals surface area contributed by atoms with E-state index in [-0.39, 0.29) is 0 Å². The quantitative estimate of drug-likeness (QED) is 0.472. The second-order valence-electron chi connectivity index (χ2n) is 5.79. The summed E-state index contributed by atoms with van der Waals surface area (Å²) in [5, 5.41) is 3.37. The van der Waals surface area contributed by atoms with Crippen molar-refractivity contribution >= 4 is 22.5 Å². The first-order valence-electron chi connectivity index (χ1n) is 7.93. The Kier molecular flexibility index (Phi) is 2.94. The lowest BCUT2D eigenvalue weighted by Crippen LogP contribution is -2.02. The Morgan fingerprint density at radius 2 is 1.76 bits per heavy atom. The van der Waals surface area contributed by atoms with E-state index < -0.39 is 0 Å². The van der Waals surface area contributed by atoms with E-state index >= 15 is 0 Å². The Hall–Kier alpha value is -3.47. The molecule has 122 valence electrons. The average Bonchev–Trinajstić information content (AvgIpc) is 3.07. The van der Waals surface area contributed by atoms with Crippen molar-refractivity contribution in [3.8, 4) is 28.7 Å². The highest BCUT2D eigenvalue weighted by Gasteiger charge is 2.19. The highest BCUT2D eigenvalue weighted by atomic mass is 16.5. The van der Waals surface area contributed by atoms with E-state index in [0.717, 1.165) is 39.7 Å². The van der Waals surface area contributed by atoms with E-state index in [1.807, 2.05) is 60.7 Å². The molecule has 0 bridgehead atoms. The number of fused-ring (bicyclic) bond motifs is 3. The molecule has 5 heteroatoms. The molecule has 0 unspecified atom stereocenters. The lowest BCUT2D eigenvalue weighted by molar-refractivity contribution is 0.415. The molecule has 0 saturated carbocycles. The molecular formula is C20H14N2O3. The van der Waals surface area contributed by atoms with Gasteiger partial charge < -0.3 is 19.2 Å². The third kappa shape index (κ3) is 2.29. The summed E-state index contributed by atoms with van der Waals surface area (Å²) in [6.07, 6.45) is 0. The number of oxazole rings is 1. The number of hydrogen-bond donors (Lipinski definition) is 1. The van der Waals surface area contributed by atoms with Gasteiger partial charge in [-0.05, 0) is 42.5 Å². The predicted molar refractivity (Wildman–Crippen MR) is 95.8 cm³/mol. The Morgan fingerprint density at radius 1 is 0.920 bits per heavy atom. The van der Waals surface area contributed by atoms with E-state index in [0.29, 0.717) is 11.5 Å². The lowest BCUT2D eigenvalue weighted by Gasteiger charge is -2.21. The molecule has 5 rings (SSSR count). The van der Waals surface area contributed by atoms with Crippen LogP contribution < -0.4 is 14.8 Å². The first-order valence-corrected chi connectivity index (χ1v) is 7.93. The molecule has 0 saturated heterocycles. The van der Waals surface area contributed by atoms with E-state index in [2.05, 4.69) is 10.3 Å². The van der Waals surface area contributed by atoms with Crippen molar-refractivity contribution in [1.82, 2.24) is 4.98 Å². The Balaban J connectivity index is 1.57. The lowest BCUT2D eigenvalue weighted by atomic mass is 10.2. The summed E-state index contributed by atoms with van der Waals surface area (Å²) in [7, 11) is 1.64. The second-order valence-corrected chi connectivity index (χ2v) is 5.79. The highest BCUT2D eigenvalue weighted by Crippen LogP contribution is 2.43. The molecule has 4 aromatic rings. The van der Waals surface area contributed by atoms with Crippen LogP contribution in [0.5, 0.6) is 17.2 Å². The van der Waals surface area contributed by atoms with Crippen LogP contribution in [-0.4, -0.2) is 12.1 Å². The van der Waals surface area contributed by atoms with E-state index in [1.54, 1.807) is 7.11 Å². The minimum Gasteiger partial charge on any atom is -0.497 e. The SMILES string of the molecule is COc1ccc(-c2nc3cc4c(cc3o2)Oc2ccccc2N4)cc1. The number of nitrogens with zero attached hydrogens (tertiary/aromatic N) is 1. The van der Waals surface area contributed by atoms with Gasteiger partial charge in [-0.3, -0.25) is 0 Å². The first kappa shape index (κ1) is 13.9. The number of nitrogens with one attached hydrogen (secondary N) is 1. The molecule has 0 amide bonds. The van der Waals surface area contributed by atoms with Gasteiger partial charge in [0.25, 0.3) is 0 Å². The molecule has 0 spiro atoms. The summed E-state index contributed by atoms with van der Waals surface area (Å²) in [6, 6.07) is 19.3. The number of benzene rings is 3. The molecule has 1 N–H and O–H groups in total. The minimum absolute atomic E-state index is 0.567. The summed E-state index contributed by atoms with van der Waals surface area (Å²) in [5.74, 6) is 2.89. The Morgan fingerprint density at radius 3 is 2.60 bits per heavy atom. The standard InChI is InChI=1S/C20H14N2O3/c1-23-13-8-6-12(7-9-13)20-22-16-10-15-18(11-19(16)25-20)24-17-5-3-2-4-14(17)21-15/h2-11,21H,1H3. The van der Waals surface area contributed by atoms with Crippen LogP contribution in [0.25, 0.3) is 22.6 Å². The van der Waals surface area contributed by atoms with Crippen molar-refractivity contribution in [3.05, 3.63) is 60.7 Å². The van der Waals surface area contributed by atoms with Crippen LogP contribution in [0.15, 0.2) is 65.1 Å². The molecule has 1 aliphatic rings. The number of methoxy groups -OCH3 is 1. The third-order valence-electron chi connectivity index (χ3n) is 4.20. The van der Waals surface area contributed by atoms with Gasteiger partial charge in [0, 0.05) is 11.6 Å². The highest BCUT2D eigenvalue weighted by molar-refractivity contribution is 5.87. The number of rotatable bonds is 2. The second kappa shape index (κ2) is 5.27. The topological polar surface area (TPSA) is 56.5 Å². The smallest absolute Gasteiger partial charge is 0.227 e. The van der Waals surface area contributed by atoms with E-state index in [4.69, 9.17) is 13.9 Å². The van der Waals surface area contributed by atoms with Crippen LogP contribution in [-0.2, 0) is 0 Å². The summed E-state index contributed by atoms with van der Waals surface area (Å²) >= 11 is 0. The van der Waals surface area contributed by atoms with Gasteiger partial charge in [0.15, 0.2) is 17.1 Å². The summed E-state index contributed by atoms with van der Waals surface area (Å²) < 4.78 is 17.1. The number of anilines is 2. The Bertz CT molecular complexity index is 1020. The minimum atomic E-state index is 0.567. The number of para-hydroxylation sites is 2. The van der Waals surface area contributed by atoms with Crippen molar-refractivity contribution in [2.75, 3.05) is 12.4 Å². The molecule has 0 atom stereocenters. The largest absolute Gasteiger partial charge is 0.497 e. The first-order chi connectivity index (χ1) is 12.3. The van der Waals surface area contributed by atoms with Crippen molar-refractivity contribution in [2.45, 2.75) is 0 Å². The molecule has 3 aromatic carbocycles. The van der Waals surface area contributed by atoms with Gasteiger partial charge in [-0.2, -0.15) is 0 Å². The third-order valence-corrected chi connectivity index (χ3v) is 4.20. The molecule has 0 radical (unpaired) electrons. The van der Waals surface area contributed by atoms with Crippen LogP contribution in [0.4, 0.5) is 11.4 Å². The average molecular weight is 330 g/mol. The Labute approximate surface area is 143 Å². The molecular weight excluding hydrogens is 316 g/mol. The summed E-state index contributed by atoms with van der Waals surface area (Å²) in [4.78, 5) is 4.60. The molecule has 2 heterocycles. The zero-order valence-corrected chi connectivity index (χ0v) is 13.4. The summed E-state index contributed by atoms with van der Waals surface area (Å²) in [5.41, 5.74) is 4.17. The zero-order chi connectivity index (χ0) is 16.8. The van der Waals surface area contributed by atoms with Crippen LogP contribution in [0, 0.1) is 0 Å². The van der Waals surface area contributed by atoms with Gasteiger partial charge in [0.2, 0.25) is 5.89 Å². The fourth-order valence-electron chi connectivity index (χ4n) is 2.92. The zero-order valence-electron chi connectivity index (χ0n) is 13.4. The van der Waals surface area contributed by atoms with Crippen LogP contribution in [0.3, 0.4) is 0 Å². The maximum atomic E-state index is 5.96. The van der Waals surface area contributed by atoms with E-state index in [9.17, 15) is 0 Å². The van der Waals surface area contributed by atoms with Gasteiger partial charge in [-0.15, -0.1) is 0 Å². The normalized spacial score (nSPS) is 12.0. The van der Waals surface area contributed by atoms with Crippen LogP contribution >= 0.6 is 0 Å².